The van der Waals surface area contributed by atoms with Crippen molar-refractivity contribution in [2.75, 3.05) is 20.2 Å². The lowest BCUT2D eigenvalue weighted by atomic mass is 9.87. The first kappa shape index (κ1) is 13.8. The molecule has 2 fully saturated rings. The topological polar surface area (TPSA) is 55.6 Å². The number of nitrogens with zero attached hydrogens (tertiary/aromatic N) is 1. The molecule has 0 aromatic heterocycles. The minimum Gasteiger partial charge on any atom is -0.468 e. The van der Waals surface area contributed by atoms with Gasteiger partial charge in [-0.25, -0.2) is 0 Å². The number of methoxy groups -OCH3 is 1. The number of hydrogen-bond acceptors (Lipinski definition) is 4. The number of piperidine rings is 1. The van der Waals surface area contributed by atoms with E-state index in [4.69, 9.17) is 10.5 Å². The second-order valence-corrected chi connectivity index (χ2v) is 5.82. The van der Waals surface area contributed by atoms with Gasteiger partial charge in [-0.1, -0.05) is 19.3 Å². The van der Waals surface area contributed by atoms with Crippen LogP contribution in [0.4, 0.5) is 0 Å². The molecule has 2 aliphatic rings. The maximum atomic E-state index is 11.8. The monoisotopic (exact) mass is 254 g/mol. The molecule has 0 aromatic carbocycles. The highest BCUT2D eigenvalue weighted by atomic mass is 16.5. The van der Waals surface area contributed by atoms with Crippen molar-refractivity contribution >= 4 is 5.97 Å². The highest BCUT2D eigenvalue weighted by molar-refractivity contribution is 5.75. The summed E-state index contributed by atoms with van der Waals surface area (Å²) in [6.07, 6.45) is 8.45. The van der Waals surface area contributed by atoms with Gasteiger partial charge in [0.25, 0.3) is 0 Å². The van der Waals surface area contributed by atoms with Gasteiger partial charge in [-0.05, 0) is 31.6 Å². The first-order valence-electron chi connectivity index (χ1n) is 7.28. The summed E-state index contributed by atoms with van der Waals surface area (Å²) in [5.74, 6) is 0.654. The van der Waals surface area contributed by atoms with Crippen LogP contribution in [0.15, 0.2) is 0 Å². The van der Waals surface area contributed by atoms with E-state index in [9.17, 15) is 4.79 Å². The molecule has 1 aliphatic heterocycles. The van der Waals surface area contributed by atoms with Crippen LogP contribution in [0.1, 0.15) is 44.9 Å². The molecule has 1 heterocycles. The third kappa shape index (κ3) is 3.45. The van der Waals surface area contributed by atoms with Gasteiger partial charge < -0.3 is 10.5 Å². The van der Waals surface area contributed by atoms with Gasteiger partial charge in [-0.2, -0.15) is 0 Å². The Morgan fingerprint density at radius 3 is 2.67 bits per heavy atom. The van der Waals surface area contributed by atoms with Gasteiger partial charge in [-0.3, -0.25) is 9.69 Å². The van der Waals surface area contributed by atoms with Crippen LogP contribution in [-0.2, 0) is 9.53 Å². The van der Waals surface area contributed by atoms with Crippen molar-refractivity contribution < 1.29 is 9.53 Å². The van der Waals surface area contributed by atoms with Crippen LogP contribution in [-0.4, -0.2) is 43.2 Å². The molecule has 1 saturated carbocycles. The zero-order chi connectivity index (χ0) is 13.0. The quantitative estimate of drug-likeness (QED) is 0.776. The highest BCUT2D eigenvalue weighted by Gasteiger charge is 2.34. The maximum Gasteiger partial charge on any atom is 0.323 e. The molecule has 104 valence electrons. The highest BCUT2D eigenvalue weighted by Crippen LogP contribution is 2.27. The Balaban J connectivity index is 1.92. The van der Waals surface area contributed by atoms with Crippen molar-refractivity contribution in [3.05, 3.63) is 0 Å². The van der Waals surface area contributed by atoms with Gasteiger partial charge in [-0.15, -0.1) is 0 Å². The van der Waals surface area contributed by atoms with Crippen LogP contribution in [0, 0.1) is 5.92 Å². The minimum atomic E-state index is -0.110. The summed E-state index contributed by atoms with van der Waals surface area (Å²) in [4.78, 5) is 14.2. The Morgan fingerprint density at radius 2 is 2.00 bits per heavy atom. The molecule has 0 bridgehead atoms. The Hall–Kier alpha value is -0.610. The van der Waals surface area contributed by atoms with E-state index < -0.39 is 0 Å². The van der Waals surface area contributed by atoms with Crippen molar-refractivity contribution in [1.82, 2.24) is 4.90 Å². The van der Waals surface area contributed by atoms with E-state index in [-0.39, 0.29) is 18.1 Å². The van der Waals surface area contributed by atoms with Gasteiger partial charge in [0.1, 0.15) is 6.04 Å². The first-order valence-corrected chi connectivity index (χ1v) is 7.28. The van der Waals surface area contributed by atoms with Crippen molar-refractivity contribution in [2.45, 2.75) is 57.0 Å². The predicted octanol–water partition coefficient (Wildman–Crippen LogP) is 1.53. The summed E-state index contributed by atoms with van der Waals surface area (Å²) in [6.45, 7) is 1.99. The molecule has 0 aromatic rings. The Bertz CT molecular complexity index is 277. The van der Waals surface area contributed by atoms with E-state index in [2.05, 4.69) is 4.90 Å². The molecule has 2 N–H and O–H groups in total. The average molecular weight is 254 g/mol. The maximum absolute atomic E-state index is 11.8. The zero-order valence-electron chi connectivity index (χ0n) is 11.4. The van der Waals surface area contributed by atoms with Crippen LogP contribution in [0.5, 0.6) is 0 Å². The Kier molecular flexibility index (Phi) is 5.01. The summed E-state index contributed by atoms with van der Waals surface area (Å²) >= 11 is 0. The fraction of sp³-hybridized carbons (Fsp3) is 0.929. The molecule has 4 nitrogen and oxygen atoms in total. The van der Waals surface area contributed by atoms with Gasteiger partial charge in [0.15, 0.2) is 0 Å². The van der Waals surface area contributed by atoms with E-state index in [1.54, 1.807) is 0 Å². The summed E-state index contributed by atoms with van der Waals surface area (Å²) < 4.78 is 4.92. The van der Waals surface area contributed by atoms with Crippen molar-refractivity contribution in [3.8, 4) is 0 Å². The number of carbonyl (C=O) groups excluding carboxylic acids is 1. The molecule has 18 heavy (non-hydrogen) atoms. The molecule has 2 atom stereocenters. The largest absolute Gasteiger partial charge is 0.468 e. The van der Waals surface area contributed by atoms with E-state index in [1.807, 2.05) is 0 Å². The smallest absolute Gasteiger partial charge is 0.323 e. The predicted molar refractivity (Wildman–Crippen MR) is 71.2 cm³/mol. The van der Waals surface area contributed by atoms with Crippen molar-refractivity contribution in [1.29, 1.82) is 0 Å². The number of carbonyl (C=O) groups is 1. The Labute approximate surface area is 110 Å². The van der Waals surface area contributed by atoms with Crippen LogP contribution in [0.25, 0.3) is 0 Å². The van der Waals surface area contributed by atoms with E-state index in [1.165, 1.54) is 39.2 Å². The lowest BCUT2D eigenvalue weighted by Gasteiger charge is -2.39. The molecule has 2 unspecified atom stereocenters. The second kappa shape index (κ2) is 6.53. The summed E-state index contributed by atoms with van der Waals surface area (Å²) in [5.41, 5.74) is 5.98. The number of hydrogen-bond donors (Lipinski definition) is 1. The SMILES string of the molecule is COC(=O)C1CC(N)CCN1CC1CCCCC1. The number of ether oxygens (including phenoxy) is 1. The molecule has 1 aliphatic carbocycles. The van der Waals surface area contributed by atoms with Gasteiger partial charge in [0, 0.05) is 19.1 Å². The zero-order valence-corrected chi connectivity index (χ0v) is 11.4. The van der Waals surface area contributed by atoms with E-state index >= 15 is 0 Å². The number of likely N-dealkylation sites (tertiary alicyclic amines) is 1. The molecule has 0 radical (unpaired) electrons. The molecular formula is C14H26N2O2. The van der Waals surface area contributed by atoms with Crippen molar-refractivity contribution in [2.24, 2.45) is 11.7 Å². The lowest BCUT2D eigenvalue weighted by Crippen LogP contribution is -2.52. The normalized spacial score (nSPS) is 31.2. The summed E-state index contributed by atoms with van der Waals surface area (Å²) in [7, 11) is 1.47. The van der Waals surface area contributed by atoms with Gasteiger partial charge in [0.05, 0.1) is 7.11 Å². The molecule has 1 saturated heterocycles. The minimum absolute atomic E-state index is 0.110. The first-order chi connectivity index (χ1) is 8.70. The van der Waals surface area contributed by atoms with Crippen LogP contribution >= 0.6 is 0 Å². The fourth-order valence-electron chi connectivity index (χ4n) is 3.34. The fourth-order valence-corrected chi connectivity index (χ4v) is 3.34. The molecule has 0 spiro atoms. The van der Waals surface area contributed by atoms with Gasteiger partial charge >= 0.3 is 5.97 Å². The third-order valence-electron chi connectivity index (χ3n) is 4.44. The summed E-state index contributed by atoms with van der Waals surface area (Å²) in [6, 6.07) is 0.0392. The number of rotatable bonds is 3. The third-order valence-corrected chi connectivity index (χ3v) is 4.44. The van der Waals surface area contributed by atoms with Crippen LogP contribution in [0.2, 0.25) is 0 Å². The lowest BCUT2D eigenvalue weighted by molar-refractivity contribution is -0.149. The molecule has 4 heteroatoms. The average Bonchev–Trinajstić information content (AvgIpc) is 2.41. The summed E-state index contributed by atoms with van der Waals surface area (Å²) in [5, 5.41) is 0. The second-order valence-electron chi connectivity index (χ2n) is 5.82. The molecule has 2 rings (SSSR count). The Morgan fingerprint density at radius 1 is 1.28 bits per heavy atom. The van der Waals surface area contributed by atoms with Crippen molar-refractivity contribution in [3.63, 3.8) is 0 Å². The van der Waals surface area contributed by atoms with E-state index in [0.717, 1.165) is 31.8 Å². The van der Waals surface area contributed by atoms with Gasteiger partial charge in [0.2, 0.25) is 0 Å². The number of nitrogens with two attached hydrogens (primary N) is 1. The van der Waals surface area contributed by atoms with E-state index in [0.29, 0.717) is 0 Å². The standard InChI is InChI=1S/C14H26N2O2/c1-18-14(17)13-9-12(15)7-8-16(13)10-11-5-3-2-4-6-11/h11-13H,2-10,15H2,1H3. The number of esters is 1. The van der Waals surface area contributed by atoms with Crippen LogP contribution < -0.4 is 5.73 Å². The van der Waals surface area contributed by atoms with Crippen LogP contribution in [0.3, 0.4) is 0 Å². The molecular weight excluding hydrogens is 228 g/mol. The molecule has 0 amide bonds.